The molecule has 0 aliphatic carbocycles. The van der Waals surface area contributed by atoms with E-state index in [0.29, 0.717) is 31.3 Å². The molecule has 3 aromatic heterocycles. The van der Waals surface area contributed by atoms with Crippen LogP contribution < -0.4 is 0 Å². The predicted molar refractivity (Wildman–Crippen MR) is 87.9 cm³/mol. The van der Waals surface area contributed by atoms with E-state index in [1.165, 1.54) is 0 Å². The molecule has 24 heavy (non-hydrogen) atoms. The molecule has 3 heterocycles. The van der Waals surface area contributed by atoms with Crippen LogP contribution in [-0.2, 0) is 6.54 Å². The Labute approximate surface area is 139 Å². The maximum absolute atomic E-state index is 9.19. The Balaban J connectivity index is 1.95. The zero-order chi connectivity index (χ0) is 16.8. The molecule has 0 saturated carbocycles. The van der Waals surface area contributed by atoms with Crippen LogP contribution >= 0.6 is 0 Å². The molecule has 0 radical (unpaired) electrons. The predicted octanol–water partition coefficient (Wildman–Crippen LogP) is 0.240. The first-order valence-electron chi connectivity index (χ1n) is 7.75. The van der Waals surface area contributed by atoms with E-state index in [2.05, 4.69) is 15.2 Å². The Morgan fingerprint density at radius 1 is 0.875 bits per heavy atom. The van der Waals surface area contributed by atoms with Crippen molar-refractivity contribution in [2.45, 2.75) is 6.54 Å². The minimum absolute atomic E-state index is 0.0448. The smallest absolute Gasteiger partial charge is 0.156 e. The lowest BCUT2D eigenvalue weighted by atomic mass is 10.2. The van der Waals surface area contributed by atoms with Crippen LogP contribution in [0.25, 0.3) is 11.6 Å². The van der Waals surface area contributed by atoms with Crippen molar-refractivity contribution in [3.05, 3.63) is 54.6 Å². The summed E-state index contributed by atoms with van der Waals surface area (Å²) in [7, 11) is 0. The number of pyridine rings is 1. The van der Waals surface area contributed by atoms with Gasteiger partial charge in [-0.15, -0.1) is 0 Å². The van der Waals surface area contributed by atoms with Crippen molar-refractivity contribution in [1.82, 2.24) is 29.4 Å². The third kappa shape index (κ3) is 3.85. The molecule has 3 rings (SSSR count). The summed E-state index contributed by atoms with van der Waals surface area (Å²) >= 11 is 0. The van der Waals surface area contributed by atoms with Gasteiger partial charge >= 0.3 is 0 Å². The molecule has 0 atom stereocenters. The molecule has 0 fully saturated rings. The van der Waals surface area contributed by atoms with Crippen molar-refractivity contribution in [3.63, 3.8) is 0 Å². The van der Waals surface area contributed by atoms with Crippen molar-refractivity contribution < 1.29 is 10.2 Å². The topological polar surface area (TPSA) is 92.2 Å². The second-order valence-electron chi connectivity index (χ2n) is 5.32. The molecule has 0 aliphatic heterocycles. The Kier molecular flexibility index (Phi) is 5.32. The van der Waals surface area contributed by atoms with E-state index in [9.17, 15) is 10.2 Å². The third-order valence-electron chi connectivity index (χ3n) is 3.57. The summed E-state index contributed by atoms with van der Waals surface area (Å²) in [6.45, 7) is 1.67. The van der Waals surface area contributed by atoms with Crippen molar-refractivity contribution in [1.29, 1.82) is 0 Å². The fourth-order valence-electron chi connectivity index (χ4n) is 2.50. The van der Waals surface area contributed by atoms with Crippen LogP contribution in [0, 0.1) is 0 Å². The molecule has 2 N–H and O–H groups in total. The van der Waals surface area contributed by atoms with E-state index < -0.39 is 0 Å². The second kappa shape index (κ2) is 7.82. The second-order valence-corrected chi connectivity index (χ2v) is 5.32. The largest absolute Gasteiger partial charge is 0.395 e. The number of nitrogens with zero attached hydrogens (tertiary/aromatic N) is 6. The summed E-state index contributed by atoms with van der Waals surface area (Å²) in [4.78, 5) is 6.58. The van der Waals surface area contributed by atoms with Gasteiger partial charge < -0.3 is 10.2 Å². The van der Waals surface area contributed by atoms with Gasteiger partial charge in [-0.3, -0.25) is 4.90 Å². The minimum Gasteiger partial charge on any atom is -0.395 e. The maximum atomic E-state index is 9.19. The van der Waals surface area contributed by atoms with E-state index in [4.69, 9.17) is 0 Å². The first kappa shape index (κ1) is 16.3. The van der Waals surface area contributed by atoms with Gasteiger partial charge in [0.15, 0.2) is 11.6 Å². The summed E-state index contributed by atoms with van der Waals surface area (Å²) in [5.41, 5.74) is 1.00. The van der Waals surface area contributed by atoms with Gasteiger partial charge in [-0.2, -0.15) is 10.2 Å². The lowest BCUT2D eigenvalue weighted by Gasteiger charge is -2.20. The van der Waals surface area contributed by atoms with Crippen LogP contribution in [0.15, 0.2) is 49.1 Å². The fraction of sp³-hybridized carbons (Fsp3) is 0.312. The van der Waals surface area contributed by atoms with E-state index in [0.717, 1.165) is 5.56 Å². The van der Waals surface area contributed by atoms with Crippen LogP contribution in [0.2, 0.25) is 0 Å². The lowest BCUT2D eigenvalue weighted by Crippen LogP contribution is -2.29. The third-order valence-corrected chi connectivity index (χ3v) is 3.57. The lowest BCUT2D eigenvalue weighted by molar-refractivity contribution is 0.156. The Morgan fingerprint density at radius 2 is 1.42 bits per heavy atom. The normalized spacial score (nSPS) is 11.3. The first-order valence-corrected chi connectivity index (χ1v) is 7.75. The fourth-order valence-corrected chi connectivity index (χ4v) is 2.50. The number of aliphatic hydroxyl groups is 2. The molecule has 0 unspecified atom stereocenters. The van der Waals surface area contributed by atoms with Gasteiger partial charge in [0, 0.05) is 44.4 Å². The molecule has 0 bridgehead atoms. The minimum atomic E-state index is 0.0448. The summed E-state index contributed by atoms with van der Waals surface area (Å²) in [6, 6.07) is 7.57. The summed E-state index contributed by atoms with van der Waals surface area (Å²) in [6.07, 6.45) is 7.06. The van der Waals surface area contributed by atoms with Crippen LogP contribution in [0.5, 0.6) is 0 Å². The Bertz CT molecular complexity index is 684. The van der Waals surface area contributed by atoms with E-state index in [-0.39, 0.29) is 13.2 Å². The molecule has 0 aromatic carbocycles. The highest BCUT2D eigenvalue weighted by atomic mass is 16.3. The van der Waals surface area contributed by atoms with E-state index in [1.807, 2.05) is 41.6 Å². The molecule has 3 aromatic rings. The van der Waals surface area contributed by atoms with Crippen molar-refractivity contribution in [2.75, 3.05) is 26.3 Å². The highest BCUT2D eigenvalue weighted by molar-refractivity contribution is 5.36. The zero-order valence-electron chi connectivity index (χ0n) is 13.2. The highest BCUT2D eigenvalue weighted by Crippen LogP contribution is 2.14. The highest BCUT2D eigenvalue weighted by Gasteiger charge is 2.10. The molecule has 0 amide bonds. The zero-order valence-corrected chi connectivity index (χ0v) is 13.2. The maximum Gasteiger partial charge on any atom is 0.156 e. The number of aliphatic hydroxyl groups excluding tert-OH is 2. The number of rotatable bonds is 8. The van der Waals surface area contributed by atoms with E-state index in [1.54, 1.807) is 21.8 Å². The van der Waals surface area contributed by atoms with Crippen molar-refractivity contribution >= 4 is 0 Å². The molecule has 0 aliphatic rings. The Morgan fingerprint density at radius 3 is 1.83 bits per heavy atom. The summed E-state index contributed by atoms with van der Waals surface area (Å²) in [5, 5.41) is 26.8. The molecule has 8 heteroatoms. The van der Waals surface area contributed by atoms with E-state index >= 15 is 0 Å². The molecule has 0 spiro atoms. The van der Waals surface area contributed by atoms with Crippen LogP contribution in [-0.4, -0.2) is 66.0 Å². The molecule has 126 valence electrons. The SMILES string of the molecule is OCCN(CCO)Cc1cc(-n2cccn2)nc(-n2cccn2)c1. The standard InChI is InChI=1S/C16H20N6O2/c23-9-7-20(8-10-24)13-14-11-15(21-5-1-3-17-21)19-16(12-14)22-6-2-4-18-22/h1-6,11-12,23-24H,7-10,13H2. The van der Waals surface area contributed by atoms with Crippen LogP contribution in [0.1, 0.15) is 5.56 Å². The van der Waals surface area contributed by atoms with Gasteiger partial charge in [-0.1, -0.05) is 0 Å². The van der Waals surface area contributed by atoms with Gasteiger partial charge in [0.05, 0.1) is 13.2 Å². The monoisotopic (exact) mass is 328 g/mol. The van der Waals surface area contributed by atoms with Gasteiger partial charge in [0.2, 0.25) is 0 Å². The molecule has 0 saturated heterocycles. The summed E-state index contributed by atoms with van der Waals surface area (Å²) in [5.74, 6) is 1.38. The molecular formula is C16H20N6O2. The quantitative estimate of drug-likeness (QED) is 0.615. The average Bonchev–Trinajstić information content (AvgIpc) is 3.29. The summed E-state index contributed by atoms with van der Waals surface area (Å²) < 4.78 is 3.39. The molecular weight excluding hydrogens is 308 g/mol. The Hall–Kier alpha value is -2.55. The van der Waals surface area contributed by atoms with Gasteiger partial charge in [0.1, 0.15) is 0 Å². The average molecular weight is 328 g/mol. The van der Waals surface area contributed by atoms with Gasteiger partial charge in [0.25, 0.3) is 0 Å². The molecule has 8 nitrogen and oxygen atoms in total. The van der Waals surface area contributed by atoms with Crippen molar-refractivity contribution in [2.24, 2.45) is 0 Å². The first-order chi connectivity index (χ1) is 11.8. The van der Waals surface area contributed by atoms with Crippen LogP contribution in [0.4, 0.5) is 0 Å². The van der Waals surface area contributed by atoms with Gasteiger partial charge in [-0.25, -0.2) is 14.3 Å². The number of hydrogen-bond donors (Lipinski definition) is 2. The van der Waals surface area contributed by atoms with Crippen LogP contribution in [0.3, 0.4) is 0 Å². The van der Waals surface area contributed by atoms with Gasteiger partial charge in [-0.05, 0) is 29.8 Å². The number of aromatic nitrogens is 5. The van der Waals surface area contributed by atoms with Crippen molar-refractivity contribution in [3.8, 4) is 11.6 Å². The number of hydrogen-bond acceptors (Lipinski definition) is 6.